The average molecular weight is 355 g/mol. The van der Waals surface area contributed by atoms with E-state index in [1.54, 1.807) is 30.1 Å². The highest BCUT2D eigenvalue weighted by Crippen LogP contribution is 2.28. The molecule has 0 aliphatic heterocycles. The number of hydrogen-bond donors (Lipinski definition) is 0. The van der Waals surface area contributed by atoms with Crippen LogP contribution in [0, 0.1) is 5.82 Å². The highest BCUT2D eigenvalue weighted by Gasteiger charge is 2.15. The van der Waals surface area contributed by atoms with Gasteiger partial charge in [-0.15, -0.1) is 11.3 Å². The topological polar surface area (TPSA) is 29.5 Å². The molecule has 0 saturated heterocycles. The summed E-state index contributed by atoms with van der Waals surface area (Å²) in [4.78, 5) is 15.7. The summed E-state index contributed by atoms with van der Waals surface area (Å²) in [6.07, 6.45) is 0. The van der Waals surface area contributed by atoms with Gasteiger partial charge in [0.25, 0.3) is 5.91 Å². The van der Waals surface area contributed by atoms with Crippen LogP contribution in [0.2, 0.25) is 0 Å². The van der Waals surface area contributed by atoms with Gasteiger partial charge < -0.3 is 9.64 Å². The molecule has 0 saturated carbocycles. The summed E-state index contributed by atoms with van der Waals surface area (Å²) in [5, 5.41) is 0. The summed E-state index contributed by atoms with van der Waals surface area (Å²) >= 11 is 1.40. The zero-order valence-corrected chi connectivity index (χ0v) is 14.6. The number of amides is 1. The van der Waals surface area contributed by atoms with E-state index in [9.17, 15) is 9.18 Å². The summed E-state index contributed by atoms with van der Waals surface area (Å²) in [6, 6.07) is 19.5. The molecular formula is C20H18FNO2S. The number of carbonyl (C=O) groups is 1. The van der Waals surface area contributed by atoms with Crippen molar-refractivity contribution in [1.82, 2.24) is 4.90 Å². The molecule has 2 aromatic carbocycles. The van der Waals surface area contributed by atoms with E-state index in [0.29, 0.717) is 18.0 Å². The first-order valence-corrected chi connectivity index (χ1v) is 8.74. The number of para-hydroxylation sites is 1. The van der Waals surface area contributed by atoms with E-state index in [2.05, 4.69) is 0 Å². The molecule has 1 aromatic heterocycles. The number of thiophene rings is 1. The van der Waals surface area contributed by atoms with Crippen LogP contribution < -0.4 is 4.74 Å². The minimum Gasteiger partial charge on any atom is -0.492 e. The second-order valence-electron chi connectivity index (χ2n) is 5.56. The molecule has 3 rings (SSSR count). The molecule has 0 bridgehead atoms. The van der Waals surface area contributed by atoms with Gasteiger partial charge in [-0.05, 0) is 42.0 Å². The molecule has 128 valence electrons. The minimum absolute atomic E-state index is 0.0463. The molecule has 1 amide bonds. The van der Waals surface area contributed by atoms with Crippen molar-refractivity contribution in [1.29, 1.82) is 0 Å². The molecule has 3 aromatic rings. The predicted molar refractivity (Wildman–Crippen MR) is 98.6 cm³/mol. The molecular weight excluding hydrogens is 337 g/mol. The third kappa shape index (κ3) is 4.45. The van der Waals surface area contributed by atoms with Crippen LogP contribution in [0.3, 0.4) is 0 Å². The third-order valence-corrected chi connectivity index (χ3v) is 4.85. The molecule has 0 fully saturated rings. The quantitative estimate of drug-likeness (QED) is 0.641. The SMILES string of the molecule is CN(CCOc1ccccc1)C(=O)c1ccc(-c2ccc(F)cc2)s1. The lowest BCUT2D eigenvalue weighted by molar-refractivity contribution is 0.0778. The number of likely N-dealkylation sites (N-methyl/N-ethyl adjacent to an activating group) is 1. The number of hydrogen-bond acceptors (Lipinski definition) is 3. The molecule has 0 spiro atoms. The van der Waals surface area contributed by atoms with Crippen molar-refractivity contribution < 1.29 is 13.9 Å². The first kappa shape index (κ1) is 17.2. The lowest BCUT2D eigenvalue weighted by Gasteiger charge is -2.16. The highest BCUT2D eigenvalue weighted by atomic mass is 32.1. The van der Waals surface area contributed by atoms with Crippen molar-refractivity contribution in [2.75, 3.05) is 20.2 Å². The van der Waals surface area contributed by atoms with Crippen molar-refractivity contribution in [3.63, 3.8) is 0 Å². The van der Waals surface area contributed by atoms with E-state index < -0.39 is 0 Å². The van der Waals surface area contributed by atoms with Crippen LogP contribution >= 0.6 is 11.3 Å². The van der Waals surface area contributed by atoms with Crippen LogP contribution in [0.5, 0.6) is 5.75 Å². The zero-order valence-electron chi connectivity index (χ0n) is 13.8. The number of rotatable bonds is 6. The molecule has 0 aliphatic carbocycles. The fraction of sp³-hybridized carbons (Fsp3) is 0.150. The molecule has 1 heterocycles. The van der Waals surface area contributed by atoms with E-state index >= 15 is 0 Å². The molecule has 0 unspecified atom stereocenters. The molecule has 0 atom stereocenters. The second-order valence-corrected chi connectivity index (χ2v) is 6.64. The van der Waals surface area contributed by atoms with Gasteiger partial charge >= 0.3 is 0 Å². The first-order valence-electron chi connectivity index (χ1n) is 7.92. The second kappa shape index (κ2) is 7.94. The van der Waals surface area contributed by atoms with Crippen molar-refractivity contribution >= 4 is 17.2 Å². The van der Waals surface area contributed by atoms with Gasteiger partial charge in [-0.3, -0.25) is 4.79 Å². The maximum atomic E-state index is 13.0. The standard InChI is InChI=1S/C20H18FNO2S/c1-22(13-14-24-17-5-3-2-4-6-17)20(23)19-12-11-18(25-19)15-7-9-16(21)10-8-15/h2-12H,13-14H2,1H3. The summed E-state index contributed by atoms with van der Waals surface area (Å²) in [7, 11) is 1.76. The smallest absolute Gasteiger partial charge is 0.263 e. The fourth-order valence-corrected chi connectivity index (χ4v) is 3.34. The van der Waals surface area contributed by atoms with E-state index in [4.69, 9.17) is 4.74 Å². The van der Waals surface area contributed by atoms with Crippen LogP contribution in [0.25, 0.3) is 10.4 Å². The summed E-state index contributed by atoms with van der Waals surface area (Å²) < 4.78 is 18.6. The number of ether oxygens (including phenoxy) is 1. The van der Waals surface area contributed by atoms with Crippen LogP contribution in [0.1, 0.15) is 9.67 Å². The summed E-state index contributed by atoms with van der Waals surface area (Å²) in [5.74, 6) is 0.475. The van der Waals surface area contributed by atoms with Crippen molar-refractivity contribution in [2.24, 2.45) is 0 Å². The van der Waals surface area contributed by atoms with Crippen LogP contribution in [-0.2, 0) is 0 Å². The normalized spacial score (nSPS) is 10.5. The average Bonchev–Trinajstić information content (AvgIpc) is 3.12. The Labute approximate surface area is 150 Å². The molecule has 5 heteroatoms. The Morgan fingerprint density at radius 3 is 2.48 bits per heavy atom. The lowest BCUT2D eigenvalue weighted by Crippen LogP contribution is -2.30. The Bertz CT molecular complexity index is 830. The third-order valence-electron chi connectivity index (χ3n) is 3.73. The number of benzene rings is 2. The van der Waals surface area contributed by atoms with Crippen LogP contribution in [0.4, 0.5) is 4.39 Å². The monoisotopic (exact) mass is 355 g/mol. The van der Waals surface area contributed by atoms with Gasteiger partial charge in [-0.2, -0.15) is 0 Å². The summed E-state index contributed by atoms with van der Waals surface area (Å²) in [5.41, 5.74) is 0.903. The Hall–Kier alpha value is -2.66. The Morgan fingerprint density at radius 1 is 1.04 bits per heavy atom. The van der Waals surface area contributed by atoms with E-state index in [-0.39, 0.29) is 11.7 Å². The van der Waals surface area contributed by atoms with Gasteiger partial charge in [0.05, 0.1) is 11.4 Å². The molecule has 25 heavy (non-hydrogen) atoms. The Kier molecular flexibility index (Phi) is 5.46. The van der Waals surface area contributed by atoms with Crippen LogP contribution in [-0.4, -0.2) is 31.0 Å². The summed E-state index contributed by atoms with van der Waals surface area (Å²) in [6.45, 7) is 0.931. The van der Waals surface area contributed by atoms with E-state index in [0.717, 1.165) is 16.2 Å². The van der Waals surface area contributed by atoms with Gasteiger partial charge in [0.1, 0.15) is 18.2 Å². The molecule has 0 N–H and O–H groups in total. The lowest BCUT2D eigenvalue weighted by atomic mass is 10.2. The van der Waals surface area contributed by atoms with Crippen LogP contribution in [0.15, 0.2) is 66.7 Å². The number of carbonyl (C=O) groups excluding carboxylic acids is 1. The zero-order chi connectivity index (χ0) is 17.6. The van der Waals surface area contributed by atoms with Gasteiger partial charge in [0.15, 0.2) is 0 Å². The largest absolute Gasteiger partial charge is 0.492 e. The molecule has 3 nitrogen and oxygen atoms in total. The Morgan fingerprint density at radius 2 is 1.76 bits per heavy atom. The van der Waals surface area contributed by atoms with Crippen molar-refractivity contribution in [3.05, 3.63) is 77.4 Å². The van der Waals surface area contributed by atoms with Gasteiger partial charge in [-0.1, -0.05) is 30.3 Å². The first-order chi connectivity index (χ1) is 12.1. The predicted octanol–water partition coefficient (Wildman–Crippen LogP) is 4.71. The fourth-order valence-electron chi connectivity index (χ4n) is 2.33. The van der Waals surface area contributed by atoms with E-state index in [1.165, 1.54) is 23.5 Å². The minimum atomic E-state index is -0.269. The molecule has 0 aliphatic rings. The number of nitrogens with zero attached hydrogens (tertiary/aromatic N) is 1. The highest BCUT2D eigenvalue weighted by molar-refractivity contribution is 7.17. The number of halogens is 1. The van der Waals surface area contributed by atoms with Crippen molar-refractivity contribution in [3.8, 4) is 16.2 Å². The molecule has 0 radical (unpaired) electrons. The van der Waals surface area contributed by atoms with E-state index in [1.807, 2.05) is 36.4 Å². The van der Waals surface area contributed by atoms with Gasteiger partial charge in [-0.25, -0.2) is 4.39 Å². The van der Waals surface area contributed by atoms with Gasteiger partial charge in [0.2, 0.25) is 0 Å². The Balaban J connectivity index is 1.58. The maximum absolute atomic E-state index is 13.0. The van der Waals surface area contributed by atoms with Gasteiger partial charge in [0, 0.05) is 11.9 Å². The van der Waals surface area contributed by atoms with Crippen molar-refractivity contribution in [2.45, 2.75) is 0 Å². The maximum Gasteiger partial charge on any atom is 0.263 e.